The van der Waals surface area contributed by atoms with Gasteiger partial charge in [-0.15, -0.1) is 0 Å². The Kier molecular flexibility index (Phi) is 4.56. The minimum atomic E-state index is -1.56. The minimum Gasteiger partial charge on any atom is -0.389 e. The highest BCUT2D eigenvalue weighted by Crippen LogP contribution is 2.36. The highest BCUT2D eigenvalue weighted by Gasteiger charge is 2.29. The summed E-state index contributed by atoms with van der Waals surface area (Å²) in [6, 6.07) is 0. The Morgan fingerprint density at radius 1 is 1.53 bits per heavy atom. The van der Waals surface area contributed by atoms with Crippen molar-refractivity contribution in [3.8, 4) is 0 Å². The summed E-state index contributed by atoms with van der Waals surface area (Å²) in [7, 11) is 0. The minimum absolute atomic E-state index is 0.334. The first-order valence-electron chi connectivity index (χ1n) is 4.93. The van der Waals surface area contributed by atoms with Gasteiger partial charge in [-0.3, -0.25) is 0 Å². The van der Waals surface area contributed by atoms with E-state index in [4.69, 9.17) is 0 Å². The molecule has 0 spiro atoms. The number of alkyl halides is 1. The zero-order valence-corrected chi connectivity index (χ0v) is 12.0. The van der Waals surface area contributed by atoms with Crippen molar-refractivity contribution in [1.82, 2.24) is 0 Å². The van der Waals surface area contributed by atoms with Gasteiger partial charge in [-0.1, -0.05) is 37.9 Å². The van der Waals surface area contributed by atoms with E-state index in [0.717, 1.165) is 27.4 Å². The van der Waals surface area contributed by atoms with Crippen LogP contribution in [-0.2, 0) is 0 Å². The lowest BCUT2D eigenvalue weighted by atomic mass is 9.94. The summed E-state index contributed by atoms with van der Waals surface area (Å²) in [6.07, 6.45) is 3.31. The molecule has 0 amide bonds. The number of aliphatic hydroxyl groups is 1. The smallest absolute Gasteiger partial charge is 0.131 e. The average Bonchev–Trinajstić information content (AvgIpc) is 2.09. The summed E-state index contributed by atoms with van der Waals surface area (Å²) in [6.45, 7) is 2.79. The molecule has 1 aliphatic rings. The Morgan fingerprint density at radius 3 is 2.60 bits per heavy atom. The molecule has 0 saturated heterocycles. The van der Waals surface area contributed by atoms with E-state index in [9.17, 15) is 9.50 Å². The predicted molar refractivity (Wildman–Crippen MR) is 68.0 cm³/mol. The van der Waals surface area contributed by atoms with Gasteiger partial charge in [0.2, 0.25) is 0 Å². The van der Waals surface area contributed by atoms with Crippen molar-refractivity contribution in [1.29, 1.82) is 0 Å². The van der Waals surface area contributed by atoms with Crippen LogP contribution in [-0.4, -0.2) is 16.9 Å². The van der Waals surface area contributed by atoms with Crippen LogP contribution in [0.2, 0.25) is 0 Å². The van der Waals surface area contributed by atoms with Crippen LogP contribution < -0.4 is 0 Å². The largest absolute Gasteiger partial charge is 0.389 e. The Balaban J connectivity index is 2.77. The molecule has 1 atom stereocenters. The van der Waals surface area contributed by atoms with Crippen molar-refractivity contribution in [2.75, 3.05) is 0 Å². The SMILES string of the molecule is CC(C)(F)C(O)CC1=C(Br)CCC=C1Br. The van der Waals surface area contributed by atoms with E-state index in [2.05, 4.69) is 37.9 Å². The maximum Gasteiger partial charge on any atom is 0.131 e. The van der Waals surface area contributed by atoms with E-state index < -0.39 is 11.8 Å². The maximum absolute atomic E-state index is 13.5. The van der Waals surface area contributed by atoms with E-state index >= 15 is 0 Å². The molecule has 0 heterocycles. The Hall–Kier alpha value is 0.330. The lowest BCUT2D eigenvalue weighted by molar-refractivity contribution is 0.0184. The number of rotatable bonds is 3. The molecule has 0 fully saturated rings. The molecule has 0 aromatic carbocycles. The van der Waals surface area contributed by atoms with Crippen LogP contribution in [0.1, 0.15) is 33.1 Å². The van der Waals surface area contributed by atoms with Crippen LogP contribution in [0.15, 0.2) is 20.6 Å². The van der Waals surface area contributed by atoms with E-state index in [0.29, 0.717) is 6.42 Å². The van der Waals surface area contributed by atoms with Crippen molar-refractivity contribution in [2.45, 2.75) is 44.9 Å². The normalized spacial score (nSPS) is 20.3. The van der Waals surface area contributed by atoms with Gasteiger partial charge in [0, 0.05) is 10.9 Å². The zero-order chi connectivity index (χ0) is 11.6. The second-order valence-electron chi connectivity index (χ2n) is 4.26. The average molecular weight is 342 g/mol. The Bertz CT molecular complexity index is 302. The molecule has 4 heteroatoms. The lowest BCUT2D eigenvalue weighted by Crippen LogP contribution is -2.31. The number of halogens is 3. The van der Waals surface area contributed by atoms with E-state index in [1.54, 1.807) is 0 Å². The van der Waals surface area contributed by atoms with Gasteiger partial charge < -0.3 is 5.11 Å². The molecule has 0 saturated carbocycles. The Morgan fingerprint density at radius 2 is 2.13 bits per heavy atom. The van der Waals surface area contributed by atoms with Gasteiger partial charge in [-0.05, 0) is 36.7 Å². The molecule has 1 N–H and O–H groups in total. The van der Waals surface area contributed by atoms with Crippen LogP contribution in [0.25, 0.3) is 0 Å². The standard InChI is InChI=1S/C11H15Br2FO/c1-11(2,14)10(15)6-7-8(12)4-3-5-9(7)13/h4,10,15H,3,5-6H2,1-2H3. The van der Waals surface area contributed by atoms with Crippen molar-refractivity contribution >= 4 is 31.9 Å². The third-order valence-corrected chi connectivity index (χ3v) is 4.17. The van der Waals surface area contributed by atoms with E-state index in [1.807, 2.05) is 0 Å². The summed E-state index contributed by atoms with van der Waals surface area (Å²) in [4.78, 5) is 0. The highest BCUT2D eigenvalue weighted by atomic mass is 79.9. The molecule has 15 heavy (non-hydrogen) atoms. The molecular weight excluding hydrogens is 327 g/mol. The third kappa shape index (κ3) is 3.68. The van der Waals surface area contributed by atoms with Crippen LogP contribution in [0.5, 0.6) is 0 Å². The molecule has 1 aliphatic carbocycles. The molecule has 86 valence electrons. The first-order valence-corrected chi connectivity index (χ1v) is 6.51. The highest BCUT2D eigenvalue weighted by molar-refractivity contribution is 9.12. The summed E-state index contributed by atoms with van der Waals surface area (Å²) in [5.41, 5.74) is -0.593. The number of hydrogen-bond donors (Lipinski definition) is 1. The van der Waals surface area contributed by atoms with Gasteiger partial charge in [-0.25, -0.2) is 4.39 Å². The molecular formula is C11H15Br2FO. The fourth-order valence-electron chi connectivity index (χ4n) is 1.37. The van der Waals surface area contributed by atoms with Crippen LogP contribution in [0.3, 0.4) is 0 Å². The molecule has 1 unspecified atom stereocenters. The van der Waals surface area contributed by atoms with Gasteiger partial charge in [0.1, 0.15) is 5.67 Å². The second kappa shape index (κ2) is 5.11. The van der Waals surface area contributed by atoms with Gasteiger partial charge in [0.15, 0.2) is 0 Å². The zero-order valence-electron chi connectivity index (χ0n) is 8.86. The number of hydrogen-bond acceptors (Lipinski definition) is 1. The van der Waals surface area contributed by atoms with Crippen LogP contribution >= 0.6 is 31.9 Å². The first-order chi connectivity index (χ1) is 6.82. The Labute approximate surface area is 107 Å². The summed E-state index contributed by atoms with van der Waals surface area (Å²) in [5.74, 6) is 0. The van der Waals surface area contributed by atoms with Crippen molar-refractivity contribution in [3.05, 3.63) is 20.6 Å². The first kappa shape index (κ1) is 13.4. The van der Waals surface area contributed by atoms with Gasteiger partial charge in [0.25, 0.3) is 0 Å². The monoisotopic (exact) mass is 340 g/mol. The predicted octanol–water partition coefficient (Wildman–Crippen LogP) is 4.21. The van der Waals surface area contributed by atoms with E-state index in [1.165, 1.54) is 13.8 Å². The van der Waals surface area contributed by atoms with Gasteiger partial charge in [0.05, 0.1) is 6.10 Å². The van der Waals surface area contributed by atoms with Gasteiger partial charge in [-0.2, -0.15) is 0 Å². The molecule has 1 rings (SSSR count). The molecule has 0 aromatic rings. The van der Waals surface area contributed by atoms with Crippen molar-refractivity contribution < 1.29 is 9.50 Å². The van der Waals surface area contributed by atoms with Gasteiger partial charge >= 0.3 is 0 Å². The third-order valence-electron chi connectivity index (χ3n) is 2.49. The maximum atomic E-state index is 13.5. The molecule has 0 bridgehead atoms. The lowest BCUT2D eigenvalue weighted by Gasteiger charge is -2.25. The van der Waals surface area contributed by atoms with Crippen molar-refractivity contribution in [2.24, 2.45) is 0 Å². The topological polar surface area (TPSA) is 20.2 Å². The summed E-state index contributed by atoms with van der Waals surface area (Å²) >= 11 is 6.90. The fraction of sp³-hybridized carbons (Fsp3) is 0.636. The van der Waals surface area contributed by atoms with Crippen LogP contribution in [0, 0.1) is 0 Å². The fourth-order valence-corrected chi connectivity index (χ4v) is 2.87. The van der Waals surface area contributed by atoms with E-state index in [-0.39, 0.29) is 0 Å². The second-order valence-corrected chi connectivity index (χ2v) is 6.07. The number of allylic oxidation sites excluding steroid dienone is 3. The number of aliphatic hydroxyl groups excluding tert-OH is 1. The molecule has 0 radical (unpaired) electrons. The quantitative estimate of drug-likeness (QED) is 0.815. The molecule has 0 aromatic heterocycles. The molecule has 0 aliphatic heterocycles. The molecule has 1 nitrogen and oxygen atoms in total. The summed E-state index contributed by atoms with van der Waals surface area (Å²) in [5, 5.41) is 9.70. The van der Waals surface area contributed by atoms with Crippen molar-refractivity contribution in [3.63, 3.8) is 0 Å². The van der Waals surface area contributed by atoms with Crippen LogP contribution in [0.4, 0.5) is 4.39 Å². The summed E-state index contributed by atoms with van der Waals surface area (Å²) < 4.78 is 15.5.